The summed E-state index contributed by atoms with van der Waals surface area (Å²) in [5.41, 5.74) is 5.92. The molecule has 4 nitrogen and oxygen atoms in total. The molecule has 96 valence electrons. The van der Waals surface area contributed by atoms with E-state index in [1.54, 1.807) is 30.0 Å². The number of thioether (sulfide) groups is 1. The minimum absolute atomic E-state index is 0.149. The number of nitrogens with two attached hydrogens (primary N) is 1. The zero-order valence-electron chi connectivity index (χ0n) is 10.0. The standard InChI is InChI=1S/C11H18N2O2S2/c1-9(8-16-2)7-13-17(14,15)11-6-4-3-5-10(11)12/h3-6,9,13H,7-8,12H2,1-2H3. The summed E-state index contributed by atoms with van der Waals surface area (Å²) in [6.07, 6.45) is 2.00. The fourth-order valence-corrected chi connectivity index (χ4v) is 3.38. The molecule has 0 fully saturated rings. The molecule has 1 aromatic carbocycles. The molecular weight excluding hydrogens is 256 g/mol. The first kappa shape index (κ1) is 14.3. The number of anilines is 1. The van der Waals surface area contributed by atoms with Gasteiger partial charge >= 0.3 is 0 Å². The van der Waals surface area contributed by atoms with Gasteiger partial charge in [0.15, 0.2) is 0 Å². The van der Waals surface area contributed by atoms with Crippen LogP contribution in [0.3, 0.4) is 0 Å². The normalized spacial score (nSPS) is 13.5. The summed E-state index contributed by atoms with van der Waals surface area (Å²) in [7, 11) is -3.49. The highest BCUT2D eigenvalue weighted by molar-refractivity contribution is 7.98. The van der Waals surface area contributed by atoms with Crippen molar-refractivity contribution in [2.75, 3.05) is 24.3 Å². The van der Waals surface area contributed by atoms with Crippen LogP contribution in [0.15, 0.2) is 29.2 Å². The smallest absolute Gasteiger partial charge is 0.242 e. The van der Waals surface area contributed by atoms with Gasteiger partial charge in [0.2, 0.25) is 10.0 Å². The zero-order valence-corrected chi connectivity index (χ0v) is 11.6. The van der Waals surface area contributed by atoms with Gasteiger partial charge < -0.3 is 5.73 Å². The number of benzene rings is 1. The third-order valence-corrected chi connectivity index (χ3v) is 4.68. The average molecular weight is 274 g/mol. The van der Waals surface area contributed by atoms with Crippen molar-refractivity contribution >= 4 is 27.5 Å². The van der Waals surface area contributed by atoms with Gasteiger partial charge in [-0.1, -0.05) is 19.1 Å². The van der Waals surface area contributed by atoms with E-state index in [0.29, 0.717) is 12.5 Å². The van der Waals surface area contributed by atoms with E-state index in [4.69, 9.17) is 5.73 Å². The van der Waals surface area contributed by atoms with E-state index in [1.165, 1.54) is 6.07 Å². The number of rotatable bonds is 6. The van der Waals surface area contributed by atoms with Gasteiger partial charge in [-0.15, -0.1) is 0 Å². The summed E-state index contributed by atoms with van der Waals surface area (Å²) >= 11 is 1.70. The Kier molecular flexibility index (Phi) is 5.30. The quantitative estimate of drug-likeness (QED) is 0.772. The highest BCUT2D eigenvalue weighted by Crippen LogP contribution is 2.17. The first-order valence-corrected chi connectivity index (χ1v) is 8.18. The number of hydrogen-bond acceptors (Lipinski definition) is 4. The number of para-hydroxylation sites is 1. The Labute approximate surface area is 107 Å². The maximum atomic E-state index is 12.0. The number of hydrogen-bond donors (Lipinski definition) is 2. The molecule has 0 amide bonds. The van der Waals surface area contributed by atoms with Gasteiger partial charge in [-0.3, -0.25) is 0 Å². The molecular formula is C11H18N2O2S2. The molecule has 0 aliphatic carbocycles. The van der Waals surface area contributed by atoms with Crippen LogP contribution in [0, 0.1) is 5.92 Å². The summed E-state index contributed by atoms with van der Waals surface area (Å²) in [4.78, 5) is 0.149. The Bertz CT molecular complexity index is 460. The molecule has 0 aliphatic heterocycles. The lowest BCUT2D eigenvalue weighted by molar-refractivity contribution is 0.563. The predicted molar refractivity (Wildman–Crippen MR) is 73.6 cm³/mol. The molecule has 0 aromatic heterocycles. The minimum Gasteiger partial charge on any atom is -0.398 e. The van der Waals surface area contributed by atoms with E-state index < -0.39 is 10.0 Å². The van der Waals surface area contributed by atoms with Crippen LogP contribution in [0.25, 0.3) is 0 Å². The zero-order chi connectivity index (χ0) is 12.9. The SMILES string of the molecule is CSCC(C)CNS(=O)(=O)c1ccccc1N. The molecule has 0 spiro atoms. The fourth-order valence-electron chi connectivity index (χ4n) is 1.40. The van der Waals surface area contributed by atoms with E-state index in [0.717, 1.165) is 5.75 Å². The summed E-state index contributed by atoms with van der Waals surface area (Å²) in [5, 5.41) is 0. The van der Waals surface area contributed by atoms with Gasteiger partial charge in [0, 0.05) is 6.54 Å². The third-order valence-electron chi connectivity index (χ3n) is 2.28. The number of nitrogens with one attached hydrogen (secondary N) is 1. The van der Waals surface area contributed by atoms with Crippen LogP contribution in [0.4, 0.5) is 5.69 Å². The topological polar surface area (TPSA) is 72.2 Å². The predicted octanol–water partition coefficient (Wildman–Crippen LogP) is 1.55. The van der Waals surface area contributed by atoms with Crippen molar-refractivity contribution in [1.29, 1.82) is 0 Å². The second-order valence-electron chi connectivity index (χ2n) is 3.95. The van der Waals surface area contributed by atoms with E-state index >= 15 is 0 Å². The highest BCUT2D eigenvalue weighted by atomic mass is 32.2. The van der Waals surface area contributed by atoms with Crippen molar-refractivity contribution in [2.24, 2.45) is 5.92 Å². The van der Waals surface area contributed by atoms with Crippen molar-refractivity contribution in [3.8, 4) is 0 Å². The van der Waals surface area contributed by atoms with Gasteiger partial charge in [-0.25, -0.2) is 13.1 Å². The van der Waals surface area contributed by atoms with Gasteiger partial charge in [0.25, 0.3) is 0 Å². The van der Waals surface area contributed by atoms with Crippen molar-refractivity contribution in [2.45, 2.75) is 11.8 Å². The average Bonchev–Trinajstić information content (AvgIpc) is 2.27. The van der Waals surface area contributed by atoms with Crippen molar-refractivity contribution in [3.05, 3.63) is 24.3 Å². The molecule has 0 saturated carbocycles. The van der Waals surface area contributed by atoms with Crippen LogP contribution in [0.2, 0.25) is 0 Å². The summed E-state index contributed by atoms with van der Waals surface area (Å²) in [5.74, 6) is 1.22. The Morgan fingerprint density at radius 1 is 1.41 bits per heavy atom. The number of sulfonamides is 1. The highest BCUT2D eigenvalue weighted by Gasteiger charge is 2.17. The molecule has 1 rings (SSSR count). The summed E-state index contributed by atoms with van der Waals surface area (Å²) in [6, 6.07) is 6.47. The van der Waals surface area contributed by atoms with Crippen molar-refractivity contribution < 1.29 is 8.42 Å². The van der Waals surface area contributed by atoms with Gasteiger partial charge in [0.1, 0.15) is 4.90 Å². The fraction of sp³-hybridized carbons (Fsp3) is 0.455. The van der Waals surface area contributed by atoms with E-state index in [2.05, 4.69) is 4.72 Å². The monoisotopic (exact) mass is 274 g/mol. The molecule has 17 heavy (non-hydrogen) atoms. The molecule has 0 aliphatic rings. The molecule has 1 unspecified atom stereocenters. The Morgan fingerprint density at radius 2 is 2.06 bits per heavy atom. The lowest BCUT2D eigenvalue weighted by atomic mass is 10.2. The van der Waals surface area contributed by atoms with Crippen LogP contribution in [0.1, 0.15) is 6.92 Å². The molecule has 1 aromatic rings. The maximum absolute atomic E-state index is 12.0. The van der Waals surface area contributed by atoms with Crippen molar-refractivity contribution in [3.63, 3.8) is 0 Å². The molecule has 3 N–H and O–H groups in total. The van der Waals surface area contributed by atoms with Gasteiger partial charge in [-0.05, 0) is 30.1 Å². The number of nitrogen functional groups attached to an aromatic ring is 1. The summed E-state index contributed by atoms with van der Waals surface area (Å²) < 4.78 is 26.5. The van der Waals surface area contributed by atoms with Gasteiger partial charge in [0.05, 0.1) is 5.69 Å². The minimum atomic E-state index is -3.49. The second kappa shape index (κ2) is 6.28. The molecule has 0 heterocycles. The molecule has 6 heteroatoms. The van der Waals surface area contributed by atoms with Crippen LogP contribution in [0.5, 0.6) is 0 Å². The van der Waals surface area contributed by atoms with Gasteiger partial charge in [-0.2, -0.15) is 11.8 Å². The lowest BCUT2D eigenvalue weighted by Gasteiger charge is -2.12. The molecule has 0 radical (unpaired) electrons. The van der Waals surface area contributed by atoms with Crippen LogP contribution >= 0.6 is 11.8 Å². The van der Waals surface area contributed by atoms with E-state index in [1.807, 2.05) is 13.2 Å². The van der Waals surface area contributed by atoms with Crippen LogP contribution in [-0.4, -0.2) is 27.0 Å². The first-order valence-electron chi connectivity index (χ1n) is 5.30. The molecule has 0 bridgehead atoms. The van der Waals surface area contributed by atoms with Crippen LogP contribution < -0.4 is 10.5 Å². The molecule has 1 atom stereocenters. The lowest BCUT2D eigenvalue weighted by Crippen LogP contribution is -2.29. The molecule has 0 saturated heterocycles. The van der Waals surface area contributed by atoms with Crippen LogP contribution in [-0.2, 0) is 10.0 Å². The van der Waals surface area contributed by atoms with E-state index in [9.17, 15) is 8.42 Å². The maximum Gasteiger partial charge on any atom is 0.242 e. The van der Waals surface area contributed by atoms with Crippen molar-refractivity contribution in [1.82, 2.24) is 4.72 Å². The first-order chi connectivity index (χ1) is 7.97. The Balaban J connectivity index is 2.73. The van der Waals surface area contributed by atoms with E-state index in [-0.39, 0.29) is 10.6 Å². The Hall–Kier alpha value is -0.720. The Morgan fingerprint density at radius 3 is 2.65 bits per heavy atom. The second-order valence-corrected chi connectivity index (χ2v) is 6.60. The summed E-state index contributed by atoms with van der Waals surface area (Å²) in [6.45, 7) is 2.44. The largest absolute Gasteiger partial charge is 0.398 e. The third kappa shape index (κ3) is 4.22.